The molecule has 0 radical (unpaired) electrons. The lowest BCUT2D eigenvalue weighted by molar-refractivity contribution is -0.142. The Balaban J connectivity index is 3.93. The zero-order valence-electron chi connectivity index (χ0n) is 10.2. The van der Waals surface area contributed by atoms with Crippen molar-refractivity contribution in [1.82, 2.24) is 5.32 Å². The first-order valence-electron chi connectivity index (χ1n) is 5.84. The van der Waals surface area contributed by atoms with E-state index < -0.39 is 12.0 Å². The van der Waals surface area contributed by atoms with Gasteiger partial charge < -0.3 is 21.3 Å². The van der Waals surface area contributed by atoms with Gasteiger partial charge in [0.05, 0.1) is 0 Å². The van der Waals surface area contributed by atoms with Gasteiger partial charge in [0.15, 0.2) is 0 Å². The number of hydrogen-bond acceptors (Lipinski definition) is 4. The maximum atomic E-state index is 11.5. The average molecular weight is 246 g/mol. The lowest BCUT2D eigenvalue weighted by Gasteiger charge is -2.14. The van der Waals surface area contributed by atoms with Crippen LogP contribution < -0.4 is 11.1 Å². The lowest BCUT2D eigenvalue weighted by Crippen LogP contribution is -2.41. The molecule has 100 valence electrons. The average Bonchev–Trinajstić information content (AvgIpc) is 2.26. The standard InChI is InChI=1S/C11H22N2O4/c1-8(4-6-12)2-3-10(15)13-9(5-7-14)11(16)17/h8-9,14H,2-7,12H2,1H3,(H,13,15)(H,16,17). The molecule has 5 N–H and O–H groups in total. The molecule has 0 bridgehead atoms. The zero-order chi connectivity index (χ0) is 13.3. The number of nitrogens with two attached hydrogens (primary N) is 1. The highest BCUT2D eigenvalue weighted by molar-refractivity contribution is 5.83. The summed E-state index contributed by atoms with van der Waals surface area (Å²) in [5.74, 6) is -1.07. The van der Waals surface area contributed by atoms with Crippen molar-refractivity contribution < 1.29 is 19.8 Å². The second kappa shape index (κ2) is 8.95. The van der Waals surface area contributed by atoms with Crippen molar-refractivity contribution in [3.63, 3.8) is 0 Å². The smallest absolute Gasteiger partial charge is 0.326 e. The van der Waals surface area contributed by atoms with Gasteiger partial charge in [-0.2, -0.15) is 0 Å². The van der Waals surface area contributed by atoms with Gasteiger partial charge in [-0.3, -0.25) is 4.79 Å². The molecule has 6 nitrogen and oxygen atoms in total. The Morgan fingerprint density at radius 3 is 2.41 bits per heavy atom. The molecule has 2 atom stereocenters. The third-order valence-corrected chi connectivity index (χ3v) is 2.57. The van der Waals surface area contributed by atoms with Gasteiger partial charge in [0, 0.05) is 19.4 Å². The lowest BCUT2D eigenvalue weighted by atomic mass is 10.0. The molecule has 0 aromatic rings. The van der Waals surface area contributed by atoms with Gasteiger partial charge in [-0.15, -0.1) is 0 Å². The Bertz CT molecular complexity index is 246. The SMILES string of the molecule is CC(CCN)CCC(=O)NC(CCO)C(=O)O. The van der Waals surface area contributed by atoms with Crippen LogP contribution in [0.25, 0.3) is 0 Å². The summed E-state index contributed by atoms with van der Waals surface area (Å²) < 4.78 is 0. The maximum absolute atomic E-state index is 11.5. The molecular weight excluding hydrogens is 224 g/mol. The van der Waals surface area contributed by atoms with Gasteiger partial charge in [-0.25, -0.2) is 4.79 Å². The van der Waals surface area contributed by atoms with Crippen LogP contribution in [-0.4, -0.2) is 41.3 Å². The van der Waals surface area contributed by atoms with Gasteiger partial charge >= 0.3 is 5.97 Å². The number of carbonyl (C=O) groups excluding carboxylic acids is 1. The normalized spacial score (nSPS) is 14.1. The molecule has 0 aliphatic carbocycles. The number of rotatable bonds is 9. The van der Waals surface area contributed by atoms with Crippen molar-refractivity contribution in [3.8, 4) is 0 Å². The number of aliphatic hydroxyl groups is 1. The van der Waals surface area contributed by atoms with E-state index in [0.717, 1.165) is 6.42 Å². The summed E-state index contributed by atoms with van der Waals surface area (Å²) in [6.07, 6.45) is 1.86. The Morgan fingerprint density at radius 1 is 1.29 bits per heavy atom. The van der Waals surface area contributed by atoms with E-state index in [4.69, 9.17) is 15.9 Å². The monoisotopic (exact) mass is 246 g/mol. The molecule has 0 rings (SSSR count). The molecule has 0 saturated heterocycles. The molecule has 1 amide bonds. The topological polar surface area (TPSA) is 113 Å². The molecule has 0 saturated carbocycles. The van der Waals surface area contributed by atoms with E-state index in [9.17, 15) is 9.59 Å². The summed E-state index contributed by atoms with van der Waals surface area (Å²) in [4.78, 5) is 22.2. The number of carboxylic acid groups (broad SMARTS) is 1. The van der Waals surface area contributed by atoms with Crippen molar-refractivity contribution in [2.45, 2.75) is 38.6 Å². The summed E-state index contributed by atoms with van der Waals surface area (Å²) >= 11 is 0. The number of carbonyl (C=O) groups is 2. The van der Waals surface area contributed by atoms with E-state index in [1.54, 1.807) is 0 Å². The summed E-state index contributed by atoms with van der Waals surface area (Å²) in [7, 11) is 0. The van der Waals surface area contributed by atoms with Crippen LogP contribution in [0.3, 0.4) is 0 Å². The number of aliphatic carboxylic acids is 1. The number of amides is 1. The Morgan fingerprint density at radius 2 is 1.94 bits per heavy atom. The summed E-state index contributed by atoms with van der Waals surface area (Å²) in [6.45, 7) is 2.33. The van der Waals surface area contributed by atoms with E-state index in [1.165, 1.54) is 0 Å². The molecule has 0 heterocycles. The molecule has 0 aliphatic heterocycles. The minimum atomic E-state index is -1.12. The molecule has 0 spiro atoms. The van der Waals surface area contributed by atoms with Crippen molar-refractivity contribution >= 4 is 11.9 Å². The second-order valence-corrected chi connectivity index (χ2v) is 4.19. The van der Waals surface area contributed by atoms with Gasteiger partial charge in [0.2, 0.25) is 5.91 Å². The van der Waals surface area contributed by atoms with Gasteiger partial charge in [-0.1, -0.05) is 6.92 Å². The van der Waals surface area contributed by atoms with Gasteiger partial charge in [0.1, 0.15) is 6.04 Å². The van der Waals surface area contributed by atoms with Crippen LogP contribution in [0.2, 0.25) is 0 Å². The predicted molar refractivity (Wildman–Crippen MR) is 63.3 cm³/mol. The maximum Gasteiger partial charge on any atom is 0.326 e. The van der Waals surface area contributed by atoms with Crippen LogP contribution in [-0.2, 0) is 9.59 Å². The minimum absolute atomic E-state index is 0.0272. The third-order valence-electron chi connectivity index (χ3n) is 2.57. The molecule has 0 fully saturated rings. The summed E-state index contributed by atoms with van der Waals surface area (Å²) in [5, 5.41) is 19.8. The highest BCUT2D eigenvalue weighted by Gasteiger charge is 2.19. The van der Waals surface area contributed by atoms with Crippen molar-refractivity contribution in [2.75, 3.05) is 13.2 Å². The summed E-state index contributed by atoms with van der Waals surface area (Å²) in [6, 6.07) is -1.00. The van der Waals surface area contributed by atoms with E-state index in [2.05, 4.69) is 5.32 Å². The van der Waals surface area contributed by atoms with E-state index in [-0.39, 0.29) is 25.4 Å². The van der Waals surface area contributed by atoms with Crippen LogP contribution >= 0.6 is 0 Å². The molecule has 0 aromatic heterocycles. The minimum Gasteiger partial charge on any atom is -0.480 e. The van der Waals surface area contributed by atoms with Crippen molar-refractivity contribution in [1.29, 1.82) is 0 Å². The van der Waals surface area contributed by atoms with Crippen LogP contribution in [0, 0.1) is 5.92 Å². The fraction of sp³-hybridized carbons (Fsp3) is 0.818. The van der Waals surface area contributed by atoms with Gasteiger partial charge in [0.25, 0.3) is 0 Å². The van der Waals surface area contributed by atoms with Crippen molar-refractivity contribution in [2.24, 2.45) is 11.7 Å². The highest BCUT2D eigenvalue weighted by atomic mass is 16.4. The number of nitrogens with one attached hydrogen (secondary N) is 1. The first-order valence-corrected chi connectivity index (χ1v) is 5.84. The van der Waals surface area contributed by atoms with Crippen LogP contribution in [0.15, 0.2) is 0 Å². The molecule has 0 aliphatic rings. The zero-order valence-corrected chi connectivity index (χ0v) is 10.2. The summed E-state index contributed by atoms with van der Waals surface area (Å²) in [5.41, 5.74) is 5.39. The van der Waals surface area contributed by atoms with Gasteiger partial charge in [-0.05, 0) is 25.3 Å². The van der Waals surface area contributed by atoms with Crippen LogP contribution in [0.5, 0.6) is 0 Å². The Hall–Kier alpha value is -1.14. The number of hydrogen-bond donors (Lipinski definition) is 4. The Labute approximate surface area is 101 Å². The van der Waals surface area contributed by atoms with E-state index in [1.807, 2.05) is 6.92 Å². The molecule has 0 aromatic carbocycles. The van der Waals surface area contributed by atoms with E-state index >= 15 is 0 Å². The second-order valence-electron chi connectivity index (χ2n) is 4.19. The first kappa shape index (κ1) is 15.9. The fourth-order valence-corrected chi connectivity index (χ4v) is 1.46. The predicted octanol–water partition coefficient (Wildman–Crippen LogP) is -0.297. The van der Waals surface area contributed by atoms with Crippen LogP contribution in [0.1, 0.15) is 32.6 Å². The quantitative estimate of drug-likeness (QED) is 0.446. The largest absolute Gasteiger partial charge is 0.480 e. The van der Waals surface area contributed by atoms with Crippen molar-refractivity contribution in [3.05, 3.63) is 0 Å². The van der Waals surface area contributed by atoms with Crippen LogP contribution in [0.4, 0.5) is 0 Å². The Kier molecular flexibility index (Phi) is 8.35. The molecular formula is C11H22N2O4. The first-order chi connectivity index (χ1) is 8.01. The number of carboxylic acids is 1. The third kappa shape index (κ3) is 7.70. The molecule has 6 heteroatoms. The molecule has 17 heavy (non-hydrogen) atoms. The fourth-order valence-electron chi connectivity index (χ4n) is 1.46. The molecule has 2 unspecified atom stereocenters. The van der Waals surface area contributed by atoms with E-state index in [0.29, 0.717) is 18.9 Å². The highest BCUT2D eigenvalue weighted by Crippen LogP contribution is 2.09. The number of aliphatic hydroxyl groups excluding tert-OH is 1.